The number of thioether (sulfide) groups is 1. The third kappa shape index (κ3) is 7.88. The second kappa shape index (κ2) is 13.4. The molecule has 0 saturated carbocycles. The number of carboxylic acids is 1. The number of hydroxylamine groups is 1. The molecule has 0 atom stereocenters. The highest BCUT2D eigenvalue weighted by Crippen LogP contribution is 2.46. The van der Waals surface area contributed by atoms with Gasteiger partial charge in [0.1, 0.15) is 5.75 Å². The van der Waals surface area contributed by atoms with Crippen molar-refractivity contribution < 1.29 is 29.0 Å². The average Bonchev–Trinajstić information content (AvgIpc) is 2.93. The van der Waals surface area contributed by atoms with Crippen LogP contribution in [0.2, 0.25) is 0 Å². The van der Waals surface area contributed by atoms with Crippen LogP contribution in [0, 0.1) is 0 Å². The van der Waals surface area contributed by atoms with Crippen LogP contribution in [-0.2, 0) is 43.0 Å². The van der Waals surface area contributed by atoms with Crippen molar-refractivity contribution in [1.82, 2.24) is 0 Å². The van der Waals surface area contributed by atoms with E-state index >= 15 is 0 Å². The second-order valence-corrected chi connectivity index (χ2v) is 13.6. The predicted molar refractivity (Wildman–Crippen MR) is 171 cm³/mol. The predicted octanol–water partition coefficient (Wildman–Crippen LogP) is 7.89. The number of nitrogens with zero attached hydrogens (tertiary/aromatic N) is 1. The smallest absolute Gasteiger partial charge is 0.307 e. The number of hydrogen-bond donors (Lipinski definition) is 1. The number of benzene rings is 3. The molecular formula is C35H41NO6S. The van der Waals surface area contributed by atoms with Gasteiger partial charge in [0.15, 0.2) is 6.79 Å². The van der Waals surface area contributed by atoms with Gasteiger partial charge in [-0.2, -0.15) is 5.06 Å². The Kier molecular flexibility index (Phi) is 10.1. The monoisotopic (exact) mass is 603 g/mol. The Morgan fingerprint density at radius 3 is 2.19 bits per heavy atom. The van der Waals surface area contributed by atoms with E-state index in [0.717, 1.165) is 32.9 Å². The maximum absolute atomic E-state index is 13.8. The van der Waals surface area contributed by atoms with Crippen LogP contribution in [0.4, 0.5) is 5.69 Å². The molecule has 3 aromatic carbocycles. The second-order valence-electron chi connectivity index (χ2n) is 12.5. The molecule has 0 aliphatic carbocycles. The van der Waals surface area contributed by atoms with Crippen LogP contribution in [0.15, 0.2) is 70.5 Å². The molecule has 1 N–H and O–H groups in total. The van der Waals surface area contributed by atoms with Gasteiger partial charge in [0.05, 0.1) is 30.2 Å². The topological polar surface area (TPSA) is 85.3 Å². The third-order valence-electron chi connectivity index (χ3n) is 6.92. The van der Waals surface area contributed by atoms with Crippen molar-refractivity contribution in [2.45, 2.75) is 77.2 Å². The fourth-order valence-corrected chi connectivity index (χ4v) is 5.94. The summed E-state index contributed by atoms with van der Waals surface area (Å²) in [7, 11) is 0. The summed E-state index contributed by atoms with van der Waals surface area (Å²) in [5, 5.41) is 10.7. The highest BCUT2D eigenvalue weighted by Gasteiger charge is 2.33. The molecule has 1 heterocycles. The molecule has 0 unspecified atom stereocenters. The maximum atomic E-state index is 13.8. The van der Waals surface area contributed by atoms with Crippen molar-refractivity contribution in [2.24, 2.45) is 0 Å². The van der Waals surface area contributed by atoms with Gasteiger partial charge < -0.3 is 14.6 Å². The molecule has 43 heavy (non-hydrogen) atoms. The lowest BCUT2D eigenvalue weighted by atomic mass is 9.78. The van der Waals surface area contributed by atoms with Crippen LogP contribution < -0.4 is 9.80 Å². The highest BCUT2D eigenvalue weighted by molar-refractivity contribution is 8.04. The standard InChI is InChI=1S/C35H41NO6S/c1-8-42-36-31-25(20-30(37)38)15-12-16-28(31)43-29(33(36)39)19-24-17-26(34(2,3)4)32(27(18-24)35(5,6)7)41-22-40-21-23-13-10-9-11-14-23/h9-19H,8,20-22H2,1-7H3,(H,37,38). The zero-order valence-corrected chi connectivity index (χ0v) is 26.8. The summed E-state index contributed by atoms with van der Waals surface area (Å²) >= 11 is 1.32. The quantitative estimate of drug-likeness (QED) is 0.143. The van der Waals surface area contributed by atoms with E-state index in [4.69, 9.17) is 14.3 Å². The fourth-order valence-electron chi connectivity index (χ4n) is 4.88. The largest absolute Gasteiger partial charge is 0.481 e. The molecule has 228 valence electrons. The Labute approximate surface area is 258 Å². The Bertz CT molecular complexity index is 1470. The summed E-state index contributed by atoms with van der Waals surface area (Å²) in [6.45, 7) is 15.4. The first-order valence-corrected chi connectivity index (χ1v) is 15.2. The van der Waals surface area contributed by atoms with E-state index in [1.165, 1.54) is 16.8 Å². The van der Waals surface area contributed by atoms with E-state index in [2.05, 4.69) is 53.7 Å². The van der Waals surface area contributed by atoms with E-state index in [1.807, 2.05) is 48.5 Å². The summed E-state index contributed by atoms with van der Waals surface area (Å²) in [5.41, 5.74) is 4.45. The number of rotatable bonds is 10. The number of carbonyl (C=O) groups is 2. The molecular weight excluding hydrogens is 562 g/mol. The van der Waals surface area contributed by atoms with Gasteiger partial charge in [-0.3, -0.25) is 14.4 Å². The number of carboxylic acid groups (broad SMARTS) is 1. The van der Waals surface area contributed by atoms with Crippen molar-refractivity contribution in [3.05, 3.63) is 93.4 Å². The van der Waals surface area contributed by atoms with E-state index in [9.17, 15) is 14.7 Å². The van der Waals surface area contributed by atoms with Gasteiger partial charge in [0.25, 0.3) is 5.91 Å². The first kappa shape index (κ1) is 32.3. The van der Waals surface area contributed by atoms with E-state index in [0.29, 0.717) is 22.8 Å². The van der Waals surface area contributed by atoms with Crippen LogP contribution in [0.3, 0.4) is 0 Å². The van der Waals surface area contributed by atoms with Crippen molar-refractivity contribution in [3.63, 3.8) is 0 Å². The van der Waals surface area contributed by atoms with Gasteiger partial charge in [-0.05, 0) is 58.7 Å². The first-order chi connectivity index (χ1) is 20.3. The zero-order valence-electron chi connectivity index (χ0n) is 26.0. The number of anilines is 1. The minimum atomic E-state index is -0.971. The minimum Gasteiger partial charge on any atom is -0.481 e. The van der Waals surface area contributed by atoms with Gasteiger partial charge in [-0.1, -0.05) is 95.8 Å². The van der Waals surface area contributed by atoms with Crippen molar-refractivity contribution in [2.75, 3.05) is 18.5 Å². The molecule has 1 aliphatic heterocycles. The molecule has 1 amide bonds. The summed E-state index contributed by atoms with van der Waals surface area (Å²) in [6, 6.07) is 19.5. The molecule has 0 bridgehead atoms. The lowest BCUT2D eigenvalue weighted by Gasteiger charge is -2.31. The van der Waals surface area contributed by atoms with Gasteiger partial charge in [0.2, 0.25) is 0 Å². The summed E-state index contributed by atoms with van der Waals surface area (Å²) in [6.07, 6.45) is 1.67. The van der Waals surface area contributed by atoms with Crippen LogP contribution in [0.1, 0.15) is 76.3 Å². The number of fused-ring (bicyclic) bond motifs is 1. The Morgan fingerprint density at radius 2 is 1.60 bits per heavy atom. The third-order valence-corrected chi connectivity index (χ3v) is 7.99. The lowest BCUT2D eigenvalue weighted by molar-refractivity contribution is -0.136. The molecule has 0 saturated heterocycles. The molecule has 4 rings (SSSR count). The number of hydrogen-bond acceptors (Lipinski definition) is 6. The van der Waals surface area contributed by atoms with Crippen molar-refractivity contribution in [3.8, 4) is 5.75 Å². The van der Waals surface area contributed by atoms with Crippen molar-refractivity contribution in [1.29, 1.82) is 0 Å². The molecule has 0 spiro atoms. The van der Waals surface area contributed by atoms with E-state index in [1.54, 1.807) is 13.0 Å². The van der Waals surface area contributed by atoms with Crippen LogP contribution >= 0.6 is 11.8 Å². The number of carbonyl (C=O) groups excluding carboxylic acids is 1. The Morgan fingerprint density at radius 1 is 0.953 bits per heavy atom. The number of ether oxygens (including phenoxy) is 2. The SMILES string of the molecule is CCON1C(=O)C(=Cc2cc(C(C)(C)C)c(OCOCc3ccccc3)c(C(C)(C)C)c2)Sc2cccc(CC(=O)O)c21. The van der Waals surface area contributed by atoms with Gasteiger partial charge >= 0.3 is 5.97 Å². The molecule has 8 heteroatoms. The van der Waals surface area contributed by atoms with E-state index in [-0.39, 0.29) is 36.6 Å². The van der Waals surface area contributed by atoms with Gasteiger partial charge in [-0.25, -0.2) is 0 Å². The summed E-state index contributed by atoms with van der Waals surface area (Å²) in [5.74, 6) is -0.514. The maximum Gasteiger partial charge on any atom is 0.307 e. The summed E-state index contributed by atoms with van der Waals surface area (Å²) in [4.78, 5) is 32.3. The molecule has 3 aromatic rings. The molecule has 1 aliphatic rings. The highest BCUT2D eigenvalue weighted by atomic mass is 32.2. The van der Waals surface area contributed by atoms with Gasteiger partial charge in [0, 0.05) is 16.0 Å². The summed E-state index contributed by atoms with van der Waals surface area (Å²) < 4.78 is 12.2. The Hall–Kier alpha value is -3.59. The number of amides is 1. The van der Waals surface area contributed by atoms with Crippen LogP contribution in [-0.4, -0.2) is 30.4 Å². The lowest BCUT2D eigenvalue weighted by Crippen LogP contribution is -2.35. The van der Waals surface area contributed by atoms with Crippen molar-refractivity contribution >= 4 is 35.4 Å². The molecule has 7 nitrogen and oxygen atoms in total. The molecule has 0 radical (unpaired) electrons. The van der Waals surface area contributed by atoms with Gasteiger partial charge in [-0.15, -0.1) is 0 Å². The number of aliphatic carboxylic acids is 1. The fraction of sp³-hybridized carbons (Fsp3) is 0.371. The minimum absolute atomic E-state index is 0.106. The van der Waals surface area contributed by atoms with E-state index < -0.39 is 5.97 Å². The van der Waals surface area contributed by atoms with Crippen LogP contribution in [0.5, 0.6) is 5.75 Å². The Balaban J connectivity index is 1.74. The molecule has 0 fully saturated rings. The average molecular weight is 604 g/mol. The van der Waals surface area contributed by atoms with Crippen LogP contribution in [0.25, 0.3) is 6.08 Å². The molecule has 0 aromatic heterocycles. The zero-order chi connectivity index (χ0) is 31.4. The normalized spacial score (nSPS) is 14.6. The first-order valence-electron chi connectivity index (χ1n) is 14.4. The number of para-hydroxylation sites is 1.